The first-order valence-electron chi connectivity index (χ1n) is 8.33. The molecule has 0 aliphatic rings. The first kappa shape index (κ1) is 17.4. The predicted octanol–water partition coefficient (Wildman–Crippen LogP) is 5.22. The largest absolute Gasteiger partial charge is 0.224 e. The topological polar surface area (TPSA) is 34.1 Å². The van der Waals surface area contributed by atoms with Crippen molar-refractivity contribution in [3.63, 3.8) is 0 Å². The van der Waals surface area contributed by atoms with Crippen molar-refractivity contribution >= 4 is 9.84 Å². The number of hydrogen-bond donors (Lipinski definition) is 0. The van der Waals surface area contributed by atoms with Crippen LogP contribution in [-0.4, -0.2) is 14.7 Å². The van der Waals surface area contributed by atoms with Gasteiger partial charge in [0.15, 0.2) is 9.84 Å². The zero-order valence-corrected chi connectivity index (χ0v) is 15.5. The summed E-state index contributed by atoms with van der Waals surface area (Å²) < 4.78 is 23.3. The van der Waals surface area contributed by atoms with Crippen molar-refractivity contribution < 1.29 is 8.42 Å². The van der Waals surface area contributed by atoms with Gasteiger partial charge in [-0.25, -0.2) is 8.42 Å². The van der Waals surface area contributed by atoms with Gasteiger partial charge in [0.2, 0.25) is 0 Å². The molecule has 2 nitrogen and oxygen atoms in total. The summed E-state index contributed by atoms with van der Waals surface area (Å²) in [5.74, 6) is 0.171. The SMILES string of the molecule is Cc1ccccc1-c1ccccc1C(C)c1ccc(S(C)(=O)=O)cc1. The summed E-state index contributed by atoms with van der Waals surface area (Å²) in [4.78, 5) is 0.357. The highest BCUT2D eigenvalue weighted by Crippen LogP contribution is 2.34. The third-order valence-corrected chi connectivity index (χ3v) is 5.80. The van der Waals surface area contributed by atoms with E-state index in [1.54, 1.807) is 12.1 Å². The van der Waals surface area contributed by atoms with Crippen LogP contribution in [0.5, 0.6) is 0 Å². The minimum atomic E-state index is -3.17. The van der Waals surface area contributed by atoms with E-state index in [0.717, 1.165) is 5.56 Å². The van der Waals surface area contributed by atoms with Crippen LogP contribution in [0.25, 0.3) is 11.1 Å². The number of hydrogen-bond acceptors (Lipinski definition) is 2. The smallest absolute Gasteiger partial charge is 0.175 e. The molecule has 1 unspecified atom stereocenters. The molecule has 0 radical (unpaired) electrons. The van der Waals surface area contributed by atoms with Crippen LogP contribution in [-0.2, 0) is 9.84 Å². The molecule has 0 aliphatic heterocycles. The third kappa shape index (κ3) is 3.67. The van der Waals surface area contributed by atoms with E-state index in [4.69, 9.17) is 0 Å². The van der Waals surface area contributed by atoms with Crippen LogP contribution >= 0.6 is 0 Å². The summed E-state index contributed by atoms with van der Waals surface area (Å²) in [5, 5.41) is 0. The number of rotatable bonds is 4. The number of benzene rings is 3. The molecule has 3 rings (SSSR count). The highest BCUT2D eigenvalue weighted by molar-refractivity contribution is 7.90. The fraction of sp³-hybridized carbons (Fsp3) is 0.182. The molecule has 1 atom stereocenters. The molecule has 128 valence electrons. The van der Waals surface area contributed by atoms with Gasteiger partial charge in [-0.3, -0.25) is 0 Å². The molecular weight excluding hydrogens is 328 g/mol. The minimum Gasteiger partial charge on any atom is -0.224 e. The van der Waals surface area contributed by atoms with Crippen LogP contribution < -0.4 is 0 Å². The molecule has 0 heterocycles. The molecule has 0 amide bonds. The molecular formula is C22H22O2S. The maximum absolute atomic E-state index is 11.7. The van der Waals surface area contributed by atoms with E-state index in [-0.39, 0.29) is 5.92 Å². The molecule has 0 aliphatic carbocycles. The van der Waals surface area contributed by atoms with Gasteiger partial charge in [-0.2, -0.15) is 0 Å². The molecule has 25 heavy (non-hydrogen) atoms. The second kappa shape index (κ2) is 6.85. The maximum atomic E-state index is 11.7. The number of aryl methyl sites for hydroxylation is 1. The standard InChI is InChI=1S/C22H22O2S/c1-16-8-4-5-9-20(16)22-11-7-6-10-21(22)17(2)18-12-14-19(15-13-18)25(3,23)24/h4-15,17H,1-3H3. The van der Waals surface area contributed by atoms with Crippen LogP contribution in [0.15, 0.2) is 77.7 Å². The normalized spacial score (nSPS) is 12.8. The van der Waals surface area contributed by atoms with Gasteiger partial charge in [0.25, 0.3) is 0 Å². The van der Waals surface area contributed by atoms with Crippen molar-refractivity contribution in [1.82, 2.24) is 0 Å². The molecule has 0 bridgehead atoms. The molecule has 3 aromatic rings. The van der Waals surface area contributed by atoms with Crippen LogP contribution in [0.3, 0.4) is 0 Å². The van der Waals surface area contributed by atoms with Gasteiger partial charge < -0.3 is 0 Å². The molecule has 0 saturated carbocycles. The van der Waals surface area contributed by atoms with E-state index in [2.05, 4.69) is 62.4 Å². The Kier molecular flexibility index (Phi) is 4.78. The fourth-order valence-corrected chi connectivity index (χ4v) is 3.81. The lowest BCUT2D eigenvalue weighted by molar-refractivity contribution is 0.602. The summed E-state index contributed by atoms with van der Waals surface area (Å²) in [7, 11) is -3.17. The second-order valence-electron chi connectivity index (χ2n) is 6.47. The van der Waals surface area contributed by atoms with Crippen molar-refractivity contribution in [3.8, 4) is 11.1 Å². The Bertz CT molecular complexity index is 987. The van der Waals surface area contributed by atoms with Crippen molar-refractivity contribution in [1.29, 1.82) is 0 Å². The zero-order valence-electron chi connectivity index (χ0n) is 14.7. The minimum absolute atomic E-state index is 0.171. The third-order valence-electron chi connectivity index (χ3n) is 4.67. The lowest BCUT2D eigenvalue weighted by Crippen LogP contribution is -2.01. The van der Waals surface area contributed by atoms with Crippen LogP contribution in [0.1, 0.15) is 29.5 Å². The maximum Gasteiger partial charge on any atom is 0.175 e. The second-order valence-corrected chi connectivity index (χ2v) is 8.48. The van der Waals surface area contributed by atoms with Crippen molar-refractivity contribution in [2.24, 2.45) is 0 Å². The van der Waals surface area contributed by atoms with Gasteiger partial charge in [-0.05, 0) is 46.9 Å². The summed E-state index contributed by atoms with van der Waals surface area (Å²) in [6.07, 6.45) is 1.24. The Morgan fingerprint density at radius 1 is 0.760 bits per heavy atom. The number of sulfone groups is 1. The Balaban J connectivity index is 2.04. The van der Waals surface area contributed by atoms with E-state index in [0.29, 0.717) is 4.90 Å². The van der Waals surface area contributed by atoms with Gasteiger partial charge >= 0.3 is 0 Å². The predicted molar refractivity (Wildman–Crippen MR) is 104 cm³/mol. The van der Waals surface area contributed by atoms with E-state index < -0.39 is 9.84 Å². The molecule has 3 aromatic carbocycles. The average Bonchev–Trinajstić information content (AvgIpc) is 2.61. The summed E-state index contributed by atoms with van der Waals surface area (Å²) in [5.41, 5.74) is 6.05. The summed E-state index contributed by atoms with van der Waals surface area (Å²) in [6.45, 7) is 4.28. The lowest BCUT2D eigenvalue weighted by atomic mass is 9.86. The van der Waals surface area contributed by atoms with E-state index in [1.165, 1.54) is 28.5 Å². The molecule has 0 N–H and O–H groups in total. The first-order chi connectivity index (χ1) is 11.9. The summed E-state index contributed by atoms with van der Waals surface area (Å²) >= 11 is 0. The van der Waals surface area contributed by atoms with Gasteiger partial charge in [0, 0.05) is 12.2 Å². The Morgan fingerprint density at radius 2 is 1.32 bits per heavy atom. The van der Waals surface area contributed by atoms with Crippen LogP contribution in [0.2, 0.25) is 0 Å². The van der Waals surface area contributed by atoms with Gasteiger partial charge in [-0.1, -0.05) is 67.6 Å². The molecule has 3 heteroatoms. The van der Waals surface area contributed by atoms with E-state index in [9.17, 15) is 8.42 Å². The molecule has 0 spiro atoms. The first-order valence-corrected chi connectivity index (χ1v) is 10.2. The fourth-order valence-electron chi connectivity index (χ4n) is 3.18. The van der Waals surface area contributed by atoms with Gasteiger partial charge in [0.05, 0.1) is 4.90 Å². The molecule has 0 aromatic heterocycles. The van der Waals surface area contributed by atoms with Gasteiger partial charge in [-0.15, -0.1) is 0 Å². The Hall–Kier alpha value is -2.39. The lowest BCUT2D eigenvalue weighted by Gasteiger charge is -2.18. The van der Waals surface area contributed by atoms with Crippen molar-refractivity contribution in [2.45, 2.75) is 24.7 Å². The van der Waals surface area contributed by atoms with E-state index in [1.807, 2.05) is 12.1 Å². The Morgan fingerprint density at radius 3 is 1.92 bits per heavy atom. The monoisotopic (exact) mass is 350 g/mol. The van der Waals surface area contributed by atoms with Gasteiger partial charge in [0.1, 0.15) is 0 Å². The zero-order chi connectivity index (χ0) is 18.0. The molecule has 0 saturated heterocycles. The Labute approximate surface area is 150 Å². The quantitative estimate of drug-likeness (QED) is 0.647. The van der Waals surface area contributed by atoms with Crippen LogP contribution in [0.4, 0.5) is 0 Å². The van der Waals surface area contributed by atoms with Crippen molar-refractivity contribution in [2.75, 3.05) is 6.26 Å². The average molecular weight is 350 g/mol. The summed E-state index contributed by atoms with van der Waals surface area (Å²) in [6, 6.07) is 24.0. The highest BCUT2D eigenvalue weighted by atomic mass is 32.2. The van der Waals surface area contributed by atoms with Crippen LogP contribution in [0, 0.1) is 6.92 Å². The van der Waals surface area contributed by atoms with Crippen molar-refractivity contribution in [3.05, 3.63) is 89.5 Å². The van der Waals surface area contributed by atoms with E-state index >= 15 is 0 Å². The molecule has 0 fully saturated rings. The highest BCUT2D eigenvalue weighted by Gasteiger charge is 2.15.